The summed E-state index contributed by atoms with van der Waals surface area (Å²) in [5.41, 5.74) is 4.47. The molecule has 0 aliphatic heterocycles. The van der Waals surface area contributed by atoms with Crippen LogP contribution in [0.2, 0.25) is 0 Å². The topological polar surface area (TPSA) is 27.7 Å². The van der Waals surface area contributed by atoms with Crippen molar-refractivity contribution in [2.45, 2.75) is 20.3 Å². The van der Waals surface area contributed by atoms with Crippen molar-refractivity contribution in [1.29, 1.82) is 0 Å². The minimum absolute atomic E-state index is 0.789. The molecule has 3 heteroatoms. The average molecular weight is 338 g/mol. The van der Waals surface area contributed by atoms with Crippen LogP contribution in [0.1, 0.15) is 30.5 Å². The van der Waals surface area contributed by atoms with Crippen LogP contribution in [0, 0.1) is 0 Å². The number of rotatable bonds is 7. The first-order valence-corrected chi connectivity index (χ1v) is 8.27. The van der Waals surface area contributed by atoms with Crippen LogP contribution in [-0.4, -0.2) is 21.3 Å². The molecule has 25 heavy (non-hydrogen) atoms. The van der Waals surface area contributed by atoms with Gasteiger partial charge in [0.25, 0.3) is 0 Å². The van der Waals surface area contributed by atoms with E-state index in [-0.39, 0.29) is 0 Å². The van der Waals surface area contributed by atoms with Gasteiger partial charge in [0.2, 0.25) is 0 Å². The maximum atomic E-state index is 5.58. The zero-order chi connectivity index (χ0) is 18.2. The van der Waals surface area contributed by atoms with Crippen molar-refractivity contribution in [3.63, 3.8) is 0 Å². The molecule has 0 unspecified atom stereocenters. The van der Waals surface area contributed by atoms with Gasteiger partial charge in [0.15, 0.2) is 0 Å². The molecule has 0 saturated heterocycles. The summed E-state index contributed by atoms with van der Waals surface area (Å²) in [6.07, 6.45) is 7.07. The molecular formula is C22H26O3. The molecule has 2 aromatic rings. The molecule has 0 fully saturated rings. The Bertz CT molecular complexity index is 726. The fourth-order valence-corrected chi connectivity index (χ4v) is 2.52. The van der Waals surface area contributed by atoms with Crippen molar-refractivity contribution in [2.24, 2.45) is 0 Å². The van der Waals surface area contributed by atoms with Crippen LogP contribution in [0.5, 0.6) is 17.2 Å². The lowest BCUT2D eigenvalue weighted by atomic mass is 10.0. The van der Waals surface area contributed by atoms with E-state index in [1.54, 1.807) is 21.3 Å². The Morgan fingerprint density at radius 2 is 1.36 bits per heavy atom. The van der Waals surface area contributed by atoms with Gasteiger partial charge in [0.05, 0.1) is 21.3 Å². The number of ether oxygens (including phenoxy) is 3. The predicted octanol–water partition coefficient (Wildman–Crippen LogP) is 5.39. The maximum Gasteiger partial charge on any atom is 0.126 e. The van der Waals surface area contributed by atoms with E-state index in [0.717, 1.165) is 40.4 Å². The van der Waals surface area contributed by atoms with Gasteiger partial charge in [-0.05, 0) is 55.7 Å². The van der Waals surface area contributed by atoms with Crippen LogP contribution in [0.25, 0.3) is 12.2 Å². The highest BCUT2D eigenvalue weighted by Gasteiger charge is 2.10. The molecule has 0 amide bonds. The molecule has 0 N–H and O–H groups in total. The largest absolute Gasteiger partial charge is 0.497 e. The number of benzene rings is 2. The van der Waals surface area contributed by atoms with Gasteiger partial charge in [-0.25, -0.2) is 0 Å². The van der Waals surface area contributed by atoms with E-state index >= 15 is 0 Å². The van der Waals surface area contributed by atoms with Gasteiger partial charge in [-0.3, -0.25) is 0 Å². The minimum Gasteiger partial charge on any atom is -0.497 e. The second-order valence-corrected chi connectivity index (χ2v) is 6.00. The maximum absolute atomic E-state index is 5.58. The number of hydrogen-bond acceptors (Lipinski definition) is 3. The Labute approximate surface area is 150 Å². The molecule has 0 atom stereocenters. The van der Waals surface area contributed by atoms with Crippen molar-refractivity contribution < 1.29 is 14.2 Å². The lowest BCUT2D eigenvalue weighted by Gasteiger charge is -2.13. The number of allylic oxidation sites excluding steroid dienone is 2. The second-order valence-electron chi connectivity index (χ2n) is 6.00. The van der Waals surface area contributed by atoms with Gasteiger partial charge >= 0.3 is 0 Å². The molecule has 0 radical (unpaired) electrons. The van der Waals surface area contributed by atoms with Gasteiger partial charge in [0, 0.05) is 5.56 Å². The highest BCUT2D eigenvalue weighted by Crippen LogP contribution is 2.32. The van der Waals surface area contributed by atoms with Crippen molar-refractivity contribution >= 4 is 12.2 Å². The summed E-state index contributed by atoms with van der Waals surface area (Å²) in [6, 6.07) is 12.0. The highest BCUT2D eigenvalue weighted by atomic mass is 16.5. The third kappa shape index (κ3) is 5.15. The summed E-state index contributed by atoms with van der Waals surface area (Å²) < 4.78 is 16.4. The molecule has 0 saturated carbocycles. The molecule has 0 heterocycles. The first-order valence-electron chi connectivity index (χ1n) is 8.27. The van der Waals surface area contributed by atoms with Crippen LogP contribution in [0.4, 0.5) is 0 Å². The Balaban J connectivity index is 2.31. The van der Waals surface area contributed by atoms with Crippen LogP contribution in [-0.2, 0) is 6.42 Å². The summed E-state index contributed by atoms with van der Waals surface area (Å²) >= 11 is 0. The van der Waals surface area contributed by atoms with Crippen LogP contribution >= 0.6 is 0 Å². The van der Waals surface area contributed by atoms with Gasteiger partial charge in [0.1, 0.15) is 17.2 Å². The van der Waals surface area contributed by atoms with Crippen molar-refractivity contribution in [3.8, 4) is 17.2 Å². The molecule has 0 aromatic heterocycles. The number of methoxy groups -OCH3 is 3. The average Bonchev–Trinajstić information content (AvgIpc) is 2.64. The molecule has 132 valence electrons. The van der Waals surface area contributed by atoms with Crippen molar-refractivity contribution in [3.05, 3.63) is 64.7 Å². The van der Waals surface area contributed by atoms with Crippen LogP contribution in [0.15, 0.2) is 48.0 Å². The van der Waals surface area contributed by atoms with E-state index in [9.17, 15) is 0 Å². The highest BCUT2D eigenvalue weighted by molar-refractivity contribution is 5.72. The molecular weight excluding hydrogens is 312 g/mol. The van der Waals surface area contributed by atoms with Gasteiger partial charge < -0.3 is 14.2 Å². The molecule has 0 spiro atoms. The minimum atomic E-state index is 0.789. The Hall–Kier alpha value is -2.68. The smallest absolute Gasteiger partial charge is 0.126 e. The summed E-state index contributed by atoms with van der Waals surface area (Å²) in [4.78, 5) is 0. The third-order valence-electron chi connectivity index (χ3n) is 3.93. The number of hydrogen-bond donors (Lipinski definition) is 0. The van der Waals surface area contributed by atoms with E-state index in [1.807, 2.05) is 36.4 Å². The quantitative estimate of drug-likeness (QED) is 0.500. The van der Waals surface area contributed by atoms with Gasteiger partial charge in [-0.2, -0.15) is 0 Å². The van der Waals surface area contributed by atoms with E-state index in [4.69, 9.17) is 14.2 Å². The lowest BCUT2D eigenvalue weighted by molar-refractivity contribution is 0.387. The Kier molecular flexibility index (Phi) is 6.70. The van der Waals surface area contributed by atoms with E-state index in [2.05, 4.69) is 32.1 Å². The Morgan fingerprint density at radius 1 is 0.800 bits per heavy atom. The predicted molar refractivity (Wildman–Crippen MR) is 105 cm³/mol. The molecule has 2 rings (SSSR count). The molecule has 2 aromatic carbocycles. The van der Waals surface area contributed by atoms with Crippen LogP contribution < -0.4 is 14.2 Å². The zero-order valence-corrected chi connectivity index (χ0v) is 15.6. The van der Waals surface area contributed by atoms with E-state index in [1.165, 1.54) is 5.57 Å². The standard InChI is InChI=1S/C22H26O3/c1-16(2)6-13-20-21(24-4)14-18(15-22(20)25-5)8-7-17-9-11-19(23-3)12-10-17/h6-12,14-15H,13H2,1-5H3/b8-7+. The third-order valence-corrected chi connectivity index (χ3v) is 3.93. The molecule has 0 aliphatic rings. The fourth-order valence-electron chi connectivity index (χ4n) is 2.52. The molecule has 3 nitrogen and oxygen atoms in total. The Morgan fingerprint density at radius 3 is 1.84 bits per heavy atom. The van der Waals surface area contributed by atoms with Gasteiger partial charge in [-0.1, -0.05) is 35.9 Å². The van der Waals surface area contributed by atoms with Crippen molar-refractivity contribution in [2.75, 3.05) is 21.3 Å². The lowest BCUT2D eigenvalue weighted by Crippen LogP contribution is -1.97. The summed E-state index contributed by atoms with van der Waals surface area (Å²) in [5, 5.41) is 0. The van der Waals surface area contributed by atoms with E-state index < -0.39 is 0 Å². The van der Waals surface area contributed by atoms with Gasteiger partial charge in [-0.15, -0.1) is 0 Å². The van der Waals surface area contributed by atoms with Crippen molar-refractivity contribution in [1.82, 2.24) is 0 Å². The van der Waals surface area contributed by atoms with Crippen LogP contribution in [0.3, 0.4) is 0 Å². The summed E-state index contributed by atoms with van der Waals surface area (Å²) in [7, 11) is 5.05. The molecule has 0 bridgehead atoms. The first kappa shape index (κ1) is 18.7. The monoisotopic (exact) mass is 338 g/mol. The second kappa shape index (κ2) is 8.97. The zero-order valence-electron chi connectivity index (χ0n) is 15.6. The summed E-state index contributed by atoms with van der Waals surface area (Å²) in [5.74, 6) is 2.53. The summed E-state index contributed by atoms with van der Waals surface area (Å²) in [6.45, 7) is 4.18. The first-order chi connectivity index (χ1) is 12.1. The molecule has 0 aliphatic carbocycles. The fraction of sp³-hybridized carbons (Fsp3) is 0.273. The SMILES string of the molecule is COc1ccc(/C=C/c2cc(OC)c(CC=C(C)C)c(OC)c2)cc1. The van der Waals surface area contributed by atoms with E-state index in [0.29, 0.717) is 0 Å². The normalized spacial score (nSPS) is 10.6.